The van der Waals surface area contributed by atoms with Gasteiger partial charge in [0, 0.05) is 5.69 Å². The van der Waals surface area contributed by atoms with Crippen LogP contribution in [0.5, 0.6) is 5.75 Å². The highest BCUT2D eigenvalue weighted by Gasteiger charge is 2.35. The second-order valence-corrected chi connectivity index (χ2v) is 5.76. The van der Waals surface area contributed by atoms with Gasteiger partial charge >= 0.3 is 12.3 Å². The Morgan fingerprint density at radius 3 is 2.56 bits per heavy atom. The number of amides is 1. The summed E-state index contributed by atoms with van der Waals surface area (Å²) in [5, 5.41) is -0.515. The molecule has 0 spiro atoms. The van der Waals surface area contributed by atoms with Crippen LogP contribution in [0, 0.1) is 0 Å². The molecule has 1 amide bonds. The van der Waals surface area contributed by atoms with E-state index < -0.39 is 29.0 Å². The largest absolute Gasteiger partial charge is 0.488 e. The Morgan fingerprint density at radius 1 is 1.16 bits per heavy atom. The molecule has 1 unspecified atom stereocenters. The molecule has 1 heterocycles. The summed E-state index contributed by atoms with van der Waals surface area (Å²) in [6, 6.07) is 12.3. The fraction of sp³-hybridized carbons (Fsp3) is 0.235. The van der Waals surface area contributed by atoms with Crippen molar-refractivity contribution in [1.82, 2.24) is 0 Å². The Kier molecular flexibility index (Phi) is 4.76. The molecule has 0 aromatic heterocycles. The summed E-state index contributed by atoms with van der Waals surface area (Å²) in [5.41, 5.74) is -0.298. The fourth-order valence-corrected chi connectivity index (χ4v) is 2.74. The molecule has 1 saturated heterocycles. The number of rotatable bonds is 4. The van der Waals surface area contributed by atoms with E-state index in [-0.39, 0.29) is 18.9 Å². The standard InChI is InChI=1S/C17H13ClF3NO3/c18-15-13(17(19,20)21)7-4-8-14(15)24-10-12-9-22(16(23)25-12)11-5-2-1-3-6-11/h1-8,12H,9-10H2. The normalized spacial score (nSPS) is 17.5. The van der Waals surface area contributed by atoms with Gasteiger partial charge in [-0.1, -0.05) is 35.9 Å². The maximum Gasteiger partial charge on any atom is 0.417 e. The number of benzene rings is 2. The molecule has 1 fully saturated rings. The molecule has 1 aliphatic rings. The monoisotopic (exact) mass is 371 g/mol. The number of carbonyl (C=O) groups is 1. The van der Waals surface area contributed by atoms with Gasteiger partial charge in [-0.2, -0.15) is 13.2 Å². The van der Waals surface area contributed by atoms with Crippen LogP contribution in [0.3, 0.4) is 0 Å². The number of nitrogens with zero attached hydrogens (tertiary/aromatic N) is 1. The minimum absolute atomic E-state index is 0.101. The lowest BCUT2D eigenvalue weighted by Crippen LogP contribution is -2.26. The number of ether oxygens (including phenoxy) is 2. The third-order valence-electron chi connectivity index (χ3n) is 3.64. The molecule has 2 aromatic rings. The van der Waals surface area contributed by atoms with Crippen LogP contribution >= 0.6 is 11.6 Å². The highest BCUT2D eigenvalue weighted by Crippen LogP contribution is 2.39. The van der Waals surface area contributed by atoms with Crippen LogP contribution in [-0.2, 0) is 10.9 Å². The molecule has 0 N–H and O–H groups in total. The number of anilines is 1. The Labute approximate surface area is 146 Å². The number of para-hydroxylation sites is 1. The number of alkyl halides is 3. The topological polar surface area (TPSA) is 38.8 Å². The van der Waals surface area contributed by atoms with Crippen LogP contribution < -0.4 is 9.64 Å². The van der Waals surface area contributed by atoms with Crippen LogP contribution in [0.2, 0.25) is 5.02 Å². The molecule has 0 radical (unpaired) electrons. The van der Waals surface area contributed by atoms with Crippen molar-refractivity contribution in [1.29, 1.82) is 0 Å². The maximum atomic E-state index is 12.8. The minimum Gasteiger partial charge on any atom is -0.488 e. The van der Waals surface area contributed by atoms with E-state index in [0.717, 1.165) is 6.07 Å². The van der Waals surface area contributed by atoms with E-state index in [1.54, 1.807) is 24.3 Å². The van der Waals surface area contributed by atoms with Gasteiger partial charge in [-0.15, -0.1) is 0 Å². The Hall–Kier alpha value is -2.41. The van der Waals surface area contributed by atoms with Gasteiger partial charge in [0.1, 0.15) is 12.4 Å². The highest BCUT2D eigenvalue weighted by atomic mass is 35.5. The zero-order valence-electron chi connectivity index (χ0n) is 12.8. The molecular formula is C17H13ClF3NO3. The van der Waals surface area contributed by atoms with Crippen molar-refractivity contribution in [3.8, 4) is 5.75 Å². The van der Waals surface area contributed by atoms with Crippen LogP contribution in [0.15, 0.2) is 48.5 Å². The van der Waals surface area contributed by atoms with Gasteiger partial charge in [0.2, 0.25) is 0 Å². The summed E-state index contributed by atoms with van der Waals surface area (Å²) in [4.78, 5) is 13.4. The summed E-state index contributed by atoms with van der Waals surface area (Å²) in [6.07, 6.45) is -5.71. The van der Waals surface area contributed by atoms with Crippen LogP contribution in [0.4, 0.5) is 23.7 Å². The van der Waals surface area contributed by atoms with E-state index in [1.165, 1.54) is 17.0 Å². The zero-order valence-corrected chi connectivity index (χ0v) is 13.6. The highest BCUT2D eigenvalue weighted by molar-refractivity contribution is 6.32. The Balaban J connectivity index is 1.66. The van der Waals surface area contributed by atoms with Crippen molar-refractivity contribution in [3.05, 3.63) is 59.1 Å². The second-order valence-electron chi connectivity index (χ2n) is 5.38. The zero-order chi connectivity index (χ0) is 18.0. The van der Waals surface area contributed by atoms with E-state index in [1.807, 2.05) is 6.07 Å². The SMILES string of the molecule is O=C1OC(COc2cccc(C(F)(F)F)c2Cl)CN1c1ccccc1. The third kappa shape index (κ3) is 3.82. The van der Waals surface area contributed by atoms with E-state index in [9.17, 15) is 18.0 Å². The second kappa shape index (κ2) is 6.84. The number of hydrogen-bond acceptors (Lipinski definition) is 3. The molecule has 132 valence electrons. The Morgan fingerprint density at radius 2 is 1.88 bits per heavy atom. The first-order valence-electron chi connectivity index (χ1n) is 7.38. The molecule has 0 saturated carbocycles. The Bertz CT molecular complexity index is 767. The first-order valence-corrected chi connectivity index (χ1v) is 7.76. The van der Waals surface area contributed by atoms with Crippen molar-refractivity contribution < 1.29 is 27.4 Å². The molecule has 0 bridgehead atoms. The molecule has 25 heavy (non-hydrogen) atoms. The summed E-state index contributed by atoms with van der Waals surface area (Å²) in [6.45, 7) is 0.134. The van der Waals surface area contributed by atoms with Crippen molar-refractivity contribution in [3.63, 3.8) is 0 Å². The first kappa shape index (κ1) is 17.4. The third-order valence-corrected chi connectivity index (χ3v) is 4.03. The van der Waals surface area contributed by atoms with Crippen LogP contribution in [0.1, 0.15) is 5.56 Å². The fourth-order valence-electron chi connectivity index (χ4n) is 2.45. The predicted molar refractivity (Wildman–Crippen MR) is 86.0 cm³/mol. The lowest BCUT2D eigenvalue weighted by Gasteiger charge is -2.15. The number of carbonyl (C=O) groups excluding carboxylic acids is 1. The number of hydrogen-bond donors (Lipinski definition) is 0. The average Bonchev–Trinajstić information content (AvgIpc) is 2.94. The molecule has 3 rings (SSSR count). The summed E-state index contributed by atoms with van der Waals surface area (Å²) in [5.74, 6) is -0.106. The van der Waals surface area contributed by atoms with Gasteiger partial charge in [0.25, 0.3) is 0 Å². The van der Waals surface area contributed by atoms with Crippen molar-refractivity contribution in [2.75, 3.05) is 18.1 Å². The van der Waals surface area contributed by atoms with E-state index in [4.69, 9.17) is 21.1 Å². The number of halogens is 4. The molecule has 1 atom stereocenters. The van der Waals surface area contributed by atoms with Gasteiger partial charge in [-0.3, -0.25) is 4.90 Å². The lowest BCUT2D eigenvalue weighted by atomic mass is 10.2. The van der Waals surface area contributed by atoms with Gasteiger partial charge in [-0.05, 0) is 24.3 Å². The van der Waals surface area contributed by atoms with E-state index in [2.05, 4.69) is 0 Å². The quantitative estimate of drug-likeness (QED) is 0.777. The molecule has 4 nitrogen and oxygen atoms in total. The maximum absolute atomic E-state index is 12.8. The smallest absolute Gasteiger partial charge is 0.417 e. The van der Waals surface area contributed by atoms with E-state index in [0.29, 0.717) is 5.69 Å². The van der Waals surface area contributed by atoms with Crippen LogP contribution in [0.25, 0.3) is 0 Å². The molecular weight excluding hydrogens is 359 g/mol. The van der Waals surface area contributed by atoms with Crippen molar-refractivity contribution in [2.45, 2.75) is 12.3 Å². The number of cyclic esters (lactones) is 1. The minimum atomic E-state index is -4.57. The van der Waals surface area contributed by atoms with Crippen LogP contribution in [-0.4, -0.2) is 25.3 Å². The molecule has 8 heteroatoms. The predicted octanol–water partition coefficient (Wildman–Crippen LogP) is 4.76. The van der Waals surface area contributed by atoms with Crippen molar-refractivity contribution >= 4 is 23.4 Å². The average molecular weight is 372 g/mol. The van der Waals surface area contributed by atoms with E-state index >= 15 is 0 Å². The first-order chi connectivity index (χ1) is 11.9. The van der Waals surface area contributed by atoms with Gasteiger partial charge in [0.05, 0.1) is 17.1 Å². The summed E-state index contributed by atoms with van der Waals surface area (Å²) in [7, 11) is 0. The molecule has 0 aliphatic carbocycles. The van der Waals surface area contributed by atoms with Gasteiger partial charge < -0.3 is 9.47 Å². The van der Waals surface area contributed by atoms with Crippen molar-refractivity contribution in [2.24, 2.45) is 0 Å². The summed E-state index contributed by atoms with van der Waals surface area (Å²) >= 11 is 5.77. The van der Waals surface area contributed by atoms with Gasteiger partial charge in [-0.25, -0.2) is 4.79 Å². The lowest BCUT2D eigenvalue weighted by molar-refractivity contribution is -0.137. The summed E-state index contributed by atoms with van der Waals surface area (Å²) < 4.78 is 49.1. The molecule has 1 aliphatic heterocycles. The molecule has 2 aromatic carbocycles. The van der Waals surface area contributed by atoms with Gasteiger partial charge in [0.15, 0.2) is 6.10 Å².